The Hall–Kier alpha value is -6.40. The number of carbonyl (C=O) groups is 3. The van der Waals surface area contributed by atoms with Crippen LogP contribution in [0.2, 0.25) is 10.0 Å². The van der Waals surface area contributed by atoms with Crippen LogP contribution in [0.3, 0.4) is 0 Å². The van der Waals surface area contributed by atoms with E-state index in [-0.39, 0.29) is 46.0 Å². The van der Waals surface area contributed by atoms with E-state index in [9.17, 15) is 24.3 Å². The van der Waals surface area contributed by atoms with Crippen LogP contribution in [0.5, 0.6) is 5.88 Å². The van der Waals surface area contributed by atoms with Gasteiger partial charge in [0.25, 0.3) is 5.56 Å². The first-order valence-corrected chi connectivity index (χ1v) is 20.0. The second-order valence-electron chi connectivity index (χ2n) is 15.6. The molecule has 292 valence electrons. The number of fused-ring (bicyclic) bond motifs is 10. The van der Waals surface area contributed by atoms with Crippen LogP contribution in [0, 0.1) is 17.8 Å². The standard InChI is InChI=1S/C30H24Cl2N4O3.C16H10N2O2/c1-15(2)13-21-24-25(28(39)35(27(24)38)23-12-11-16(31)14-19(23)32)30(34-21)18-8-4-6-10-22(18)36-26(37)17-7-3-5-9-20(17)33-29(30)36;19-15-10-6-2-4-8-12(10)17-14(15)13-9-5-1-3-7-11(9)18-16(13)20/h3-12,14-15,21,24-25,34H,13H2,1-2H3;1-8,18,20H/t21?,24-,25+,30?;/m0./s1. The van der Waals surface area contributed by atoms with Crippen LogP contribution < -0.4 is 15.8 Å². The number of aromatic hydroxyl groups is 1. The molecule has 4 aliphatic heterocycles. The molecule has 11 nitrogen and oxygen atoms in total. The van der Waals surface area contributed by atoms with Gasteiger partial charge in [0.05, 0.1) is 50.4 Å². The van der Waals surface area contributed by atoms with Gasteiger partial charge in [-0.05, 0) is 66.9 Å². The largest absolute Gasteiger partial charge is 0.494 e. The van der Waals surface area contributed by atoms with E-state index in [4.69, 9.17) is 28.2 Å². The molecule has 0 saturated carbocycles. The topological polar surface area (TPSA) is 150 Å². The summed E-state index contributed by atoms with van der Waals surface area (Å²) in [6.45, 7) is 4.17. The molecule has 59 heavy (non-hydrogen) atoms. The van der Waals surface area contributed by atoms with Crippen molar-refractivity contribution in [3.63, 3.8) is 0 Å². The number of nitrogens with zero attached hydrogens (tertiary/aromatic N) is 4. The first kappa shape index (κ1) is 36.9. The number of anilines is 1. The minimum absolute atomic E-state index is 0.0221. The lowest BCUT2D eigenvalue weighted by Gasteiger charge is -2.32. The summed E-state index contributed by atoms with van der Waals surface area (Å²) in [5, 5.41) is 15.7. The van der Waals surface area contributed by atoms with Gasteiger partial charge in [0.15, 0.2) is 5.88 Å². The Balaban J connectivity index is 0.000000176. The molecular weight excluding hydrogens is 787 g/mol. The summed E-state index contributed by atoms with van der Waals surface area (Å²) in [7, 11) is 0. The predicted octanol–water partition coefficient (Wildman–Crippen LogP) is 8.26. The second-order valence-corrected chi connectivity index (χ2v) is 16.5. The summed E-state index contributed by atoms with van der Waals surface area (Å²) in [6.07, 6.45) is 0.657. The highest BCUT2D eigenvalue weighted by Crippen LogP contribution is 2.56. The van der Waals surface area contributed by atoms with Gasteiger partial charge in [-0.15, -0.1) is 0 Å². The molecule has 1 spiro atoms. The number of amides is 2. The number of aliphatic imine (C=N–C) groups is 1. The highest BCUT2D eigenvalue weighted by molar-refractivity contribution is 6.56. The number of imide groups is 1. The van der Waals surface area contributed by atoms with Gasteiger partial charge in [0, 0.05) is 33.1 Å². The third kappa shape index (κ3) is 5.38. The third-order valence-corrected chi connectivity index (χ3v) is 12.3. The maximum absolute atomic E-state index is 14.5. The molecule has 11 rings (SSSR count). The molecule has 2 saturated heterocycles. The van der Waals surface area contributed by atoms with Crippen LogP contribution in [0.4, 0.5) is 11.4 Å². The molecule has 0 aliphatic carbocycles. The Morgan fingerprint density at radius 2 is 1.53 bits per heavy atom. The molecule has 2 fully saturated rings. The number of aromatic nitrogens is 3. The molecule has 2 unspecified atom stereocenters. The third-order valence-electron chi connectivity index (χ3n) is 11.8. The molecule has 2 aromatic heterocycles. The normalized spacial score (nSPS) is 21.2. The van der Waals surface area contributed by atoms with Gasteiger partial charge in [-0.3, -0.25) is 29.1 Å². The van der Waals surface area contributed by atoms with Crippen molar-refractivity contribution in [1.82, 2.24) is 19.9 Å². The average molecular weight is 822 g/mol. The number of rotatable bonds is 4. The summed E-state index contributed by atoms with van der Waals surface area (Å²) >= 11 is 12.6. The number of carbonyl (C=O) groups excluding carboxylic acids is 3. The zero-order chi connectivity index (χ0) is 40.9. The van der Waals surface area contributed by atoms with E-state index in [1.165, 1.54) is 11.0 Å². The lowest BCUT2D eigenvalue weighted by atomic mass is 9.75. The van der Waals surface area contributed by atoms with Crippen LogP contribution in [0.25, 0.3) is 27.5 Å². The highest BCUT2D eigenvalue weighted by atomic mass is 35.5. The molecule has 4 aliphatic rings. The highest BCUT2D eigenvalue weighted by Gasteiger charge is 2.69. The van der Waals surface area contributed by atoms with Gasteiger partial charge in [-0.25, -0.2) is 14.9 Å². The minimum Gasteiger partial charge on any atom is -0.494 e. The van der Waals surface area contributed by atoms with E-state index in [1.54, 1.807) is 41.0 Å². The fourth-order valence-electron chi connectivity index (χ4n) is 9.43. The lowest BCUT2D eigenvalue weighted by molar-refractivity contribution is -0.123. The zero-order valence-electron chi connectivity index (χ0n) is 31.6. The van der Waals surface area contributed by atoms with Crippen LogP contribution >= 0.6 is 23.2 Å². The number of hydrogen-bond acceptors (Lipinski definition) is 8. The van der Waals surface area contributed by atoms with Crippen LogP contribution in [0.15, 0.2) is 125 Å². The molecule has 0 bridgehead atoms. The van der Waals surface area contributed by atoms with Crippen molar-refractivity contribution in [2.75, 3.05) is 4.90 Å². The number of benzene rings is 5. The quantitative estimate of drug-likeness (QED) is 0.151. The van der Waals surface area contributed by atoms with Gasteiger partial charge in [0.2, 0.25) is 17.6 Å². The van der Waals surface area contributed by atoms with E-state index in [1.807, 2.05) is 72.8 Å². The van der Waals surface area contributed by atoms with Crippen LogP contribution in [-0.4, -0.2) is 49.0 Å². The Morgan fingerprint density at radius 3 is 2.31 bits per heavy atom. The summed E-state index contributed by atoms with van der Waals surface area (Å²) < 4.78 is 1.61. The molecule has 13 heteroatoms. The molecule has 5 aromatic carbocycles. The number of Topliss-reactive ketones (excluding diaryl/α,β-unsaturated/α-hetero) is 1. The summed E-state index contributed by atoms with van der Waals surface area (Å²) in [4.78, 5) is 68.4. The van der Waals surface area contributed by atoms with Crippen molar-refractivity contribution in [2.45, 2.75) is 31.8 Å². The number of ketones is 1. The summed E-state index contributed by atoms with van der Waals surface area (Å²) in [6, 6.07) is 33.8. The van der Waals surface area contributed by atoms with Crippen molar-refractivity contribution in [3.8, 4) is 11.6 Å². The molecule has 7 aromatic rings. The number of hydrogen-bond donors (Lipinski definition) is 3. The number of halogens is 2. The monoisotopic (exact) mass is 820 g/mol. The van der Waals surface area contributed by atoms with Gasteiger partial charge in [-0.2, -0.15) is 0 Å². The first-order valence-electron chi connectivity index (χ1n) is 19.2. The van der Waals surface area contributed by atoms with E-state index < -0.39 is 17.4 Å². The minimum atomic E-state index is -1.18. The Morgan fingerprint density at radius 1 is 0.814 bits per heavy atom. The maximum Gasteiger partial charge on any atom is 0.266 e. The SMILES string of the molecule is CC(C)CC1NC2(c3ccccc3-n3c2nc2ccccc2c3=O)[C@H]2C(=O)N(c3ccc(Cl)cc3Cl)C(=O)[C@@H]12.O=C1C(c2c(O)[nH]c3ccccc23)=Nc2ccccc21. The Labute approximate surface area is 346 Å². The molecule has 0 radical (unpaired) electrons. The van der Waals surface area contributed by atoms with Crippen molar-refractivity contribution < 1.29 is 19.5 Å². The molecule has 4 atom stereocenters. The first-order chi connectivity index (χ1) is 28.5. The van der Waals surface area contributed by atoms with Crippen LogP contribution in [0.1, 0.15) is 47.6 Å². The van der Waals surface area contributed by atoms with E-state index in [2.05, 4.69) is 29.1 Å². The summed E-state index contributed by atoms with van der Waals surface area (Å²) in [5.74, 6) is -1.69. The van der Waals surface area contributed by atoms with Crippen molar-refractivity contribution in [3.05, 3.63) is 158 Å². The van der Waals surface area contributed by atoms with Crippen molar-refractivity contribution >= 4 is 79.7 Å². The summed E-state index contributed by atoms with van der Waals surface area (Å²) in [5.41, 5.74) is 3.66. The fraction of sp³-hybridized carbons (Fsp3) is 0.174. The van der Waals surface area contributed by atoms with Gasteiger partial charge in [-0.1, -0.05) is 97.7 Å². The fourth-order valence-corrected chi connectivity index (χ4v) is 9.92. The molecule has 6 heterocycles. The second kappa shape index (κ2) is 13.6. The van der Waals surface area contributed by atoms with Gasteiger partial charge < -0.3 is 10.1 Å². The van der Waals surface area contributed by atoms with E-state index in [0.29, 0.717) is 62.1 Å². The average Bonchev–Trinajstić information content (AvgIpc) is 3.98. The van der Waals surface area contributed by atoms with E-state index in [0.717, 1.165) is 16.5 Å². The zero-order valence-corrected chi connectivity index (χ0v) is 33.1. The Bertz CT molecular complexity index is 3060. The number of H-pyrrole nitrogens is 1. The molecular formula is C46H34Cl2N6O5. The predicted molar refractivity (Wildman–Crippen MR) is 227 cm³/mol. The van der Waals surface area contributed by atoms with Crippen molar-refractivity contribution in [2.24, 2.45) is 22.7 Å². The van der Waals surface area contributed by atoms with Gasteiger partial charge in [0.1, 0.15) is 17.1 Å². The Kier molecular flexibility index (Phi) is 8.50. The van der Waals surface area contributed by atoms with Crippen molar-refractivity contribution in [1.29, 1.82) is 0 Å². The number of aromatic amines is 1. The number of para-hydroxylation sites is 4. The molecule has 3 N–H and O–H groups in total. The van der Waals surface area contributed by atoms with E-state index >= 15 is 0 Å². The molecule has 2 amide bonds. The maximum atomic E-state index is 14.5. The van der Waals surface area contributed by atoms with Gasteiger partial charge >= 0.3 is 0 Å². The van der Waals surface area contributed by atoms with Crippen LogP contribution in [-0.2, 0) is 15.1 Å². The smallest absolute Gasteiger partial charge is 0.266 e. The lowest BCUT2D eigenvalue weighted by Crippen LogP contribution is -2.50. The number of nitrogens with one attached hydrogen (secondary N) is 2.